The summed E-state index contributed by atoms with van der Waals surface area (Å²) in [6.07, 6.45) is 13.2. The molecule has 55 heavy (non-hydrogen) atoms. The van der Waals surface area contributed by atoms with E-state index in [1.807, 2.05) is 24.3 Å². The second-order valence-corrected chi connectivity index (χ2v) is 12.9. The largest absolute Gasteiger partial charge is 0.480 e. The van der Waals surface area contributed by atoms with Crippen molar-refractivity contribution >= 4 is 40.5 Å². The van der Waals surface area contributed by atoms with Gasteiger partial charge in [0.25, 0.3) is 0 Å². The lowest BCUT2D eigenvalue weighted by molar-refractivity contribution is -0.142. The third-order valence-corrected chi connectivity index (χ3v) is 8.88. The van der Waals surface area contributed by atoms with Crippen LogP contribution in [0.4, 0.5) is 0 Å². The monoisotopic (exact) mass is 752 g/mol. The fraction of sp³-hybridized carbons (Fsp3) is 0.286. The summed E-state index contributed by atoms with van der Waals surface area (Å²) in [6, 6.07) is 1.28. The van der Waals surface area contributed by atoms with Crippen molar-refractivity contribution in [1.29, 1.82) is 0 Å². The van der Waals surface area contributed by atoms with Crippen LogP contribution in [0.5, 0.6) is 0 Å². The normalized spacial score (nSPS) is 14.0. The van der Waals surface area contributed by atoms with E-state index >= 15 is 0 Å². The topological polar surface area (TPSA) is 310 Å². The molecular formula is C35H40N14O6. The van der Waals surface area contributed by atoms with Gasteiger partial charge in [-0.05, 0) is 11.6 Å². The average molecular weight is 753 g/mol. The summed E-state index contributed by atoms with van der Waals surface area (Å²) in [5.74, 6) is -4.17. The smallest absolute Gasteiger partial charge is 0.326 e. The van der Waals surface area contributed by atoms with Gasteiger partial charge in [-0.15, -0.1) is 0 Å². The molecule has 12 N–H and O–H groups in total. The van der Waals surface area contributed by atoms with Crippen molar-refractivity contribution in [3.8, 4) is 0 Å². The lowest BCUT2D eigenvalue weighted by Gasteiger charge is -2.26. The molecule has 20 nitrogen and oxygen atoms in total. The van der Waals surface area contributed by atoms with Gasteiger partial charge in [0, 0.05) is 96.8 Å². The van der Waals surface area contributed by atoms with Gasteiger partial charge in [0.1, 0.15) is 24.2 Å². The van der Waals surface area contributed by atoms with Crippen molar-refractivity contribution in [3.05, 3.63) is 109 Å². The van der Waals surface area contributed by atoms with Crippen LogP contribution < -0.4 is 27.0 Å². The SMILES string of the molecule is N[C@@H](Cc1cnc[nH]1)C(=O)N[C@@H](Cc1c[nH]c2ccccc12)C(=O)N[C@@H](Cc1cnc[nH]1)C(=O)N[C@@H](Cc1cnc[nH]1)C(=O)N[C@@H](Cc1cnc[nH]1)C(=O)O. The molecule has 6 rings (SSSR count). The minimum Gasteiger partial charge on any atom is -0.480 e. The third kappa shape index (κ3) is 10.1. The standard InChI is InChI=1S/C35H40N14O6/c36-25(6-20-11-37-15-42-20)31(50)46-27(5-19-10-41-26-4-2-1-3-24(19)26)32(51)47-28(7-21-12-38-16-43-21)33(52)48-29(8-22-13-39-17-44-22)34(53)49-30(35(54)55)9-23-14-40-18-45-23/h1-4,10-18,25,27-30,41H,5-9,36H2,(H,37,42)(H,38,43)(H,39,44)(H,40,45)(H,46,50)(H,47,51)(H,48,52)(H,49,53)(H,54,55)/t25-,27-,28-,29-,30-/m0/s1. The first-order chi connectivity index (χ1) is 26.6. The van der Waals surface area contributed by atoms with Crippen LogP contribution in [-0.4, -0.2) is 110 Å². The zero-order chi connectivity index (χ0) is 38.7. The second kappa shape index (κ2) is 17.6. The Morgan fingerprint density at radius 2 is 0.982 bits per heavy atom. The van der Waals surface area contributed by atoms with Crippen LogP contribution in [0.25, 0.3) is 10.9 Å². The van der Waals surface area contributed by atoms with Crippen molar-refractivity contribution in [2.45, 2.75) is 62.3 Å². The van der Waals surface area contributed by atoms with Crippen molar-refractivity contribution in [2.75, 3.05) is 0 Å². The third-order valence-electron chi connectivity index (χ3n) is 8.88. The van der Waals surface area contributed by atoms with Gasteiger partial charge in [0.2, 0.25) is 23.6 Å². The second-order valence-electron chi connectivity index (χ2n) is 12.9. The first-order valence-corrected chi connectivity index (χ1v) is 17.3. The van der Waals surface area contributed by atoms with Gasteiger partial charge in [-0.2, -0.15) is 0 Å². The zero-order valence-electron chi connectivity index (χ0n) is 29.3. The molecule has 0 aliphatic carbocycles. The predicted molar refractivity (Wildman–Crippen MR) is 195 cm³/mol. The molecule has 1 aromatic carbocycles. The molecule has 0 aliphatic rings. The number of benzene rings is 1. The molecule has 0 saturated carbocycles. The van der Waals surface area contributed by atoms with E-state index in [0.717, 1.165) is 16.5 Å². The summed E-state index contributed by atoms with van der Waals surface area (Å²) in [5, 5.41) is 21.4. The number of nitrogens with zero attached hydrogens (tertiary/aromatic N) is 4. The maximum Gasteiger partial charge on any atom is 0.326 e. The number of nitrogens with one attached hydrogen (secondary N) is 9. The number of hydrogen-bond donors (Lipinski definition) is 11. The molecule has 0 spiro atoms. The minimum atomic E-state index is -1.36. The average Bonchev–Trinajstić information content (AvgIpc) is 4.02. The number of H-pyrrole nitrogens is 5. The molecule has 5 heterocycles. The first kappa shape index (κ1) is 37.7. The van der Waals surface area contributed by atoms with Gasteiger partial charge in [0.15, 0.2) is 0 Å². The van der Waals surface area contributed by atoms with Gasteiger partial charge in [-0.3, -0.25) is 19.2 Å². The Morgan fingerprint density at radius 3 is 1.45 bits per heavy atom. The molecule has 4 amide bonds. The number of carboxylic acid groups (broad SMARTS) is 1. The number of aromatic nitrogens is 9. The van der Waals surface area contributed by atoms with Crippen LogP contribution in [-0.2, 0) is 56.1 Å². The minimum absolute atomic E-state index is 0.0362. The molecule has 0 saturated heterocycles. The quantitative estimate of drug-likeness (QED) is 0.0473. The fourth-order valence-corrected chi connectivity index (χ4v) is 6.02. The molecule has 5 aromatic heterocycles. The summed E-state index contributed by atoms with van der Waals surface area (Å²) in [6.45, 7) is 0. The Morgan fingerprint density at radius 1 is 0.564 bits per heavy atom. The first-order valence-electron chi connectivity index (χ1n) is 17.3. The van der Waals surface area contributed by atoms with E-state index in [0.29, 0.717) is 22.8 Å². The maximum absolute atomic E-state index is 14.2. The highest BCUT2D eigenvalue weighted by Crippen LogP contribution is 2.19. The molecule has 0 unspecified atom stereocenters. The Bertz CT molecular complexity index is 2160. The van der Waals surface area contributed by atoms with Crippen molar-refractivity contribution in [2.24, 2.45) is 5.73 Å². The Labute approximate surface area is 312 Å². The number of nitrogens with two attached hydrogens (primary N) is 1. The molecule has 20 heteroatoms. The van der Waals surface area contributed by atoms with Gasteiger partial charge >= 0.3 is 5.97 Å². The molecule has 0 radical (unpaired) electrons. The summed E-state index contributed by atoms with van der Waals surface area (Å²) in [7, 11) is 0. The summed E-state index contributed by atoms with van der Waals surface area (Å²) >= 11 is 0. The van der Waals surface area contributed by atoms with E-state index in [1.54, 1.807) is 12.4 Å². The van der Waals surface area contributed by atoms with Crippen LogP contribution in [0.1, 0.15) is 28.3 Å². The van der Waals surface area contributed by atoms with Crippen LogP contribution >= 0.6 is 0 Å². The number of hydrogen-bond acceptors (Lipinski definition) is 10. The van der Waals surface area contributed by atoms with Crippen molar-refractivity contribution < 1.29 is 29.1 Å². The number of rotatable bonds is 19. The summed E-state index contributed by atoms with van der Waals surface area (Å²) in [5.41, 5.74) is 9.84. The fourth-order valence-electron chi connectivity index (χ4n) is 6.02. The molecule has 0 fully saturated rings. The number of aliphatic carboxylic acids is 1. The number of imidazole rings is 4. The van der Waals surface area contributed by atoms with E-state index < -0.39 is 59.8 Å². The van der Waals surface area contributed by atoms with Crippen LogP contribution in [0, 0.1) is 0 Å². The number of carbonyl (C=O) groups is 5. The Kier molecular flexibility index (Phi) is 12.1. The maximum atomic E-state index is 14.2. The van der Waals surface area contributed by atoms with Crippen LogP contribution in [0.3, 0.4) is 0 Å². The van der Waals surface area contributed by atoms with Crippen LogP contribution in [0.15, 0.2) is 80.6 Å². The van der Waals surface area contributed by atoms with Gasteiger partial charge in [-0.1, -0.05) is 18.2 Å². The number of carbonyl (C=O) groups excluding carboxylic acids is 4. The van der Waals surface area contributed by atoms with E-state index in [9.17, 15) is 29.1 Å². The van der Waals surface area contributed by atoms with E-state index in [1.165, 1.54) is 43.9 Å². The highest BCUT2D eigenvalue weighted by atomic mass is 16.4. The van der Waals surface area contributed by atoms with Gasteiger partial charge in [0.05, 0.1) is 31.4 Å². The van der Waals surface area contributed by atoms with Gasteiger partial charge in [-0.25, -0.2) is 24.7 Å². The van der Waals surface area contributed by atoms with E-state index in [-0.39, 0.29) is 32.1 Å². The van der Waals surface area contributed by atoms with Crippen LogP contribution in [0.2, 0.25) is 0 Å². The zero-order valence-corrected chi connectivity index (χ0v) is 29.3. The number of fused-ring (bicyclic) bond motifs is 1. The molecular weight excluding hydrogens is 712 g/mol. The summed E-state index contributed by atoms with van der Waals surface area (Å²) < 4.78 is 0. The van der Waals surface area contributed by atoms with Crippen molar-refractivity contribution in [1.82, 2.24) is 66.1 Å². The van der Waals surface area contributed by atoms with E-state index in [4.69, 9.17) is 5.73 Å². The lowest BCUT2D eigenvalue weighted by Crippen LogP contribution is -2.59. The highest BCUT2D eigenvalue weighted by molar-refractivity contribution is 5.96. The summed E-state index contributed by atoms with van der Waals surface area (Å²) in [4.78, 5) is 98.1. The number of amides is 4. The lowest BCUT2D eigenvalue weighted by atomic mass is 10.0. The van der Waals surface area contributed by atoms with Gasteiger partial charge < -0.3 is 57.0 Å². The molecule has 0 aliphatic heterocycles. The highest BCUT2D eigenvalue weighted by Gasteiger charge is 2.33. The number of aromatic amines is 5. The molecule has 5 atom stereocenters. The molecule has 6 aromatic rings. The van der Waals surface area contributed by atoms with E-state index in [2.05, 4.69) is 66.1 Å². The predicted octanol–water partition coefficient (Wildman–Crippen LogP) is -1.08. The number of para-hydroxylation sites is 1. The molecule has 286 valence electrons. The van der Waals surface area contributed by atoms with Crippen molar-refractivity contribution in [3.63, 3.8) is 0 Å². The Balaban J connectivity index is 1.23. The number of carboxylic acids is 1. The molecule has 0 bridgehead atoms. The Hall–Kier alpha value is -7.09.